The van der Waals surface area contributed by atoms with Crippen LogP contribution in [0.15, 0.2) is 79.0 Å². The summed E-state index contributed by atoms with van der Waals surface area (Å²) in [6.07, 6.45) is 5.15. The number of benzene rings is 2. The van der Waals surface area contributed by atoms with E-state index >= 15 is 0 Å². The Balaban J connectivity index is 1.32. The Labute approximate surface area is 206 Å². The molecule has 0 saturated carbocycles. The minimum absolute atomic E-state index is 0.158. The second-order valence-electron chi connectivity index (χ2n) is 8.54. The first kappa shape index (κ1) is 24.0. The average Bonchev–Trinajstić information content (AvgIpc) is 3.14. The maximum Gasteiger partial charge on any atom is 0.244 e. The van der Waals surface area contributed by atoms with Crippen molar-refractivity contribution in [3.05, 3.63) is 118 Å². The largest absolute Gasteiger partial charge is 0.487 e. The summed E-state index contributed by atoms with van der Waals surface area (Å²) >= 11 is 0. The molecular formula is C29H30N4O2. The average molecular weight is 467 g/mol. The molecule has 6 nitrogen and oxygen atoms in total. The van der Waals surface area contributed by atoms with E-state index in [-0.39, 0.29) is 5.91 Å². The van der Waals surface area contributed by atoms with Crippen molar-refractivity contribution in [3.8, 4) is 5.75 Å². The van der Waals surface area contributed by atoms with Crippen molar-refractivity contribution < 1.29 is 9.53 Å². The third-order valence-corrected chi connectivity index (χ3v) is 5.77. The molecule has 1 N–H and O–H groups in total. The predicted octanol–water partition coefficient (Wildman–Crippen LogP) is 5.16. The summed E-state index contributed by atoms with van der Waals surface area (Å²) < 4.78 is 7.80. The molecule has 178 valence electrons. The van der Waals surface area contributed by atoms with Crippen LogP contribution >= 0.6 is 0 Å². The number of pyridine rings is 1. The van der Waals surface area contributed by atoms with Crippen molar-refractivity contribution >= 4 is 12.0 Å². The van der Waals surface area contributed by atoms with Crippen LogP contribution in [0.5, 0.6) is 5.75 Å². The summed E-state index contributed by atoms with van der Waals surface area (Å²) in [7, 11) is 0. The molecule has 0 aliphatic carbocycles. The van der Waals surface area contributed by atoms with Gasteiger partial charge in [-0.2, -0.15) is 5.10 Å². The Bertz CT molecular complexity index is 1310. The fraction of sp³-hybridized carbons (Fsp3) is 0.207. The number of rotatable bonds is 9. The lowest BCUT2D eigenvalue weighted by molar-refractivity contribution is -0.116. The van der Waals surface area contributed by atoms with E-state index < -0.39 is 0 Å². The second kappa shape index (κ2) is 11.3. The summed E-state index contributed by atoms with van der Waals surface area (Å²) in [6, 6.07) is 21.9. The van der Waals surface area contributed by atoms with E-state index in [1.165, 1.54) is 11.1 Å². The summed E-state index contributed by atoms with van der Waals surface area (Å²) in [6.45, 7) is 7.58. The van der Waals surface area contributed by atoms with Crippen LogP contribution in [-0.2, 0) is 24.5 Å². The number of amides is 1. The first-order valence-corrected chi connectivity index (χ1v) is 11.6. The quantitative estimate of drug-likeness (QED) is 0.346. The van der Waals surface area contributed by atoms with Crippen LogP contribution in [-0.4, -0.2) is 20.7 Å². The molecule has 0 radical (unpaired) electrons. The Morgan fingerprint density at radius 2 is 1.83 bits per heavy atom. The van der Waals surface area contributed by atoms with E-state index in [1.807, 2.05) is 67.1 Å². The molecule has 0 fully saturated rings. The van der Waals surface area contributed by atoms with Crippen LogP contribution in [0.2, 0.25) is 0 Å². The fourth-order valence-corrected chi connectivity index (χ4v) is 3.77. The number of hydrogen-bond donors (Lipinski definition) is 1. The molecule has 6 heteroatoms. The first-order valence-electron chi connectivity index (χ1n) is 11.6. The fourth-order valence-electron chi connectivity index (χ4n) is 3.77. The Morgan fingerprint density at radius 3 is 2.60 bits per heavy atom. The normalized spacial score (nSPS) is 11.1. The van der Waals surface area contributed by atoms with Gasteiger partial charge in [-0.15, -0.1) is 0 Å². The van der Waals surface area contributed by atoms with Crippen LogP contribution in [0.4, 0.5) is 0 Å². The zero-order chi connectivity index (χ0) is 24.6. The van der Waals surface area contributed by atoms with Crippen LogP contribution in [0, 0.1) is 20.8 Å². The highest BCUT2D eigenvalue weighted by molar-refractivity contribution is 5.92. The molecule has 2 aromatic carbocycles. The molecule has 2 heterocycles. The zero-order valence-electron chi connectivity index (χ0n) is 20.4. The maximum absolute atomic E-state index is 12.5. The molecule has 0 aliphatic heterocycles. The third-order valence-electron chi connectivity index (χ3n) is 5.77. The van der Waals surface area contributed by atoms with Crippen molar-refractivity contribution in [1.29, 1.82) is 0 Å². The predicted molar refractivity (Wildman–Crippen MR) is 138 cm³/mol. The Morgan fingerprint density at radius 1 is 1.00 bits per heavy atom. The number of carbonyl (C=O) groups excluding carboxylic acids is 1. The second-order valence-corrected chi connectivity index (χ2v) is 8.54. The minimum atomic E-state index is -0.158. The van der Waals surface area contributed by atoms with Gasteiger partial charge in [-0.1, -0.05) is 48.0 Å². The van der Waals surface area contributed by atoms with Gasteiger partial charge in [-0.3, -0.25) is 14.5 Å². The SMILES string of the molecule is Cc1ccc(Cn2nc(C)c(/C=C/C(=O)NCc3cccc(OCc4ccccn4)c3)c2C)cc1. The van der Waals surface area contributed by atoms with Crippen molar-refractivity contribution in [2.24, 2.45) is 0 Å². The number of hydrogen-bond acceptors (Lipinski definition) is 4. The van der Waals surface area contributed by atoms with Gasteiger partial charge < -0.3 is 10.1 Å². The highest BCUT2D eigenvalue weighted by atomic mass is 16.5. The minimum Gasteiger partial charge on any atom is -0.487 e. The molecule has 0 aliphatic rings. The van der Waals surface area contributed by atoms with E-state index in [0.29, 0.717) is 19.7 Å². The van der Waals surface area contributed by atoms with Crippen LogP contribution < -0.4 is 10.1 Å². The van der Waals surface area contributed by atoms with E-state index in [2.05, 4.69) is 46.6 Å². The standard InChI is InChI=1S/C29H30N4O2/c1-21-10-12-24(13-11-21)19-33-23(3)28(22(2)32-33)14-15-29(34)31-18-25-7-6-9-27(17-25)35-20-26-8-4-5-16-30-26/h4-17H,18-20H2,1-3H3,(H,31,34)/b15-14+. The Hall–Kier alpha value is -4.19. The van der Waals surface area contributed by atoms with Gasteiger partial charge in [0.25, 0.3) is 0 Å². The molecule has 0 spiro atoms. The van der Waals surface area contributed by atoms with E-state index in [0.717, 1.165) is 34.0 Å². The van der Waals surface area contributed by atoms with Crippen molar-refractivity contribution in [2.75, 3.05) is 0 Å². The number of aryl methyl sites for hydroxylation is 2. The van der Waals surface area contributed by atoms with Gasteiger partial charge in [0.2, 0.25) is 5.91 Å². The number of carbonyl (C=O) groups is 1. The number of aromatic nitrogens is 3. The van der Waals surface area contributed by atoms with Crippen LogP contribution in [0.3, 0.4) is 0 Å². The van der Waals surface area contributed by atoms with E-state index in [9.17, 15) is 4.79 Å². The lowest BCUT2D eigenvalue weighted by Gasteiger charge is -2.08. The molecular weight excluding hydrogens is 436 g/mol. The zero-order valence-corrected chi connectivity index (χ0v) is 20.4. The van der Waals surface area contributed by atoms with Gasteiger partial charge >= 0.3 is 0 Å². The number of nitrogens with one attached hydrogen (secondary N) is 1. The molecule has 0 bridgehead atoms. The first-order chi connectivity index (χ1) is 17.0. The topological polar surface area (TPSA) is 69.0 Å². The monoisotopic (exact) mass is 466 g/mol. The number of ether oxygens (including phenoxy) is 1. The third kappa shape index (κ3) is 6.67. The lowest BCUT2D eigenvalue weighted by atomic mass is 10.1. The van der Waals surface area contributed by atoms with Crippen LogP contribution in [0.25, 0.3) is 6.08 Å². The smallest absolute Gasteiger partial charge is 0.244 e. The van der Waals surface area contributed by atoms with Crippen molar-refractivity contribution in [2.45, 2.75) is 40.5 Å². The van der Waals surface area contributed by atoms with Crippen molar-refractivity contribution in [1.82, 2.24) is 20.1 Å². The Kier molecular flexibility index (Phi) is 7.73. The van der Waals surface area contributed by atoms with Crippen LogP contribution in [0.1, 0.15) is 39.3 Å². The highest BCUT2D eigenvalue weighted by Crippen LogP contribution is 2.17. The van der Waals surface area contributed by atoms with Gasteiger partial charge in [-0.25, -0.2) is 0 Å². The van der Waals surface area contributed by atoms with Crippen molar-refractivity contribution in [3.63, 3.8) is 0 Å². The van der Waals surface area contributed by atoms with Gasteiger partial charge in [0.1, 0.15) is 12.4 Å². The summed E-state index contributed by atoms with van der Waals surface area (Å²) in [4.78, 5) is 16.7. The molecule has 4 rings (SSSR count). The maximum atomic E-state index is 12.5. The van der Waals surface area contributed by atoms with Gasteiger partial charge in [-0.05, 0) is 62.2 Å². The summed E-state index contributed by atoms with van der Waals surface area (Å²) in [5, 5.41) is 7.60. The number of nitrogens with zero attached hydrogens (tertiary/aromatic N) is 3. The van der Waals surface area contributed by atoms with E-state index in [4.69, 9.17) is 4.74 Å². The molecule has 0 saturated heterocycles. The molecule has 0 unspecified atom stereocenters. The van der Waals surface area contributed by atoms with Gasteiger partial charge in [0.15, 0.2) is 0 Å². The molecule has 0 atom stereocenters. The summed E-state index contributed by atoms with van der Waals surface area (Å²) in [5.41, 5.74) is 7.16. The lowest BCUT2D eigenvalue weighted by Crippen LogP contribution is -2.20. The van der Waals surface area contributed by atoms with E-state index in [1.54, 1.807) is 12.3 Å². The molecule has 35 heavy (non-hydrogen) atoms. The summed E-state index contributed by atoms with van der Waals surface area (Å²) in [5.74, 6) is 0.583. The van der Waals surface area contributed by atoms with Gasteiger partial charge in [0.05, 0.1) is 17.9 Å². The highest BCUT2D eigenvalue weighted by Gasteiger charge is 2.10. The van der Waals surface area contributed by atoms with Gasteiger partial charge in [0, 0.05) is 30.1 Å². The molecule has 2 aromatic heterocycles. The molecule has 4 aromatic rings. The molecule has 1 amide bonds.